The number of carbonyl (C=O) groups excluding carboxylic acids is 1. The summed E-state index contributed by atoms with van der Waals surface area (Å²) in [4.78, 5) is 22.2. The fraction of sp³-hybridized carbons (Fsp3) is 0.0417. The first-order valence-corrected chi connectivity index (χ1v) is 10.0. The number of benzene rings is 3. The van der Waals surface area contributed by atoms with Crippen LogP contribution in [0.2, 0.25) is 10.0 Å². The average Bonchev–Trinajstić information content (AvgIpc) is 2.74. The number of nitro groups is 1. The van der Waals surface area contributed by atoms with Crippen LogP contribution in [0, 0.1) is 10.1 Å². The third-order valence-electron chi connectivity index (χ3n) is 4.23. The number of ether oxygens (including phenoxy) is 1. The van der Waals surface area contributed by atoms with Gasteiger partial charge in [-0.3, -0.25) is 14.9 Å². The monoisotopic (exact) mass is 453 g/mol. The van der Waals surface area contributed by atoms with Gasteiger partial charge in [-0.05, 0) is 53.1 Å². The Bertz CT molecular complexity index is 1110. The Morgan fingerprint density at radius 3 is 2.03 bits per heavy atom. The summed E-state index contributed by atoms with van der Waals surface area (Å²) >= 11 is 12.3. The lowest BCUT2D eigenvalue weighted by atomic mass is 9.97. The molecule has 156 valence electrons. The number of allylic oxidation sites excluding steroid dienone is 2. The van der Waals surface area contributed by atoms with Crippen LogP contribution in [-0.2, 0) is 4.79 Å². The summed E-state index contributed by atoms with van der Waals surface area (Å²) in [7, 11) is 0. The summed E-state index contributed by atoms with van der Waals surface area (Å²) in [5, 5.41) is 11.9. The summed E-state index contributed by atoms with van der Waals surface area (Å²) in [6.07, 6.45) is 5.33. The van der Waals surface area contributed by atoms with Crippen molar-refractivity contribution in [1.29, 1.82) is 0 Å². The quantitative estimate of drug-likeness (QED) is 0.128. The van der Waals surface area contributed by atoms with Crippen molar-refractivity contribution in [2.75, 3.05) is 0 Å². The van der Waals surface area contributed by atoms with Gasteiger partial charge in [-0.1, -0.05) is 65.7 Å². The Labute approximate surface area is 189 Å². The predicted octanol–water partition coefficient (Wildman–Crippen LogP) is 6.89. The summed E-state index contributed by atoms with van der Waals surface area (Å²) in [6.45, 7) is 0. The van der Waals surface area contributed by atoms with Crippen LogP contribution >= 0.6 is 23.2 Å². The van der Waals surface area contributed by atoms with Gasteiger partial charge in [0.25, 0.3) is 5.69 Å². The van der Waals surface area contributed by atoms with Crippen molar-refractivity contribution in [2.45, 2.75) is 6.42 Å². The van der Waals surface area contributed by atoms with Crippen LogP contribution in [0.3, 0.4) is 0 Å². The van der Waals surface area contributed by atoms with E-state index in [-0.39, 0.29) is 17.9 Å². The second-order valence-electron chi connectivity index (χ2n) is 6.46. The molecule has 31 heavy (non-hydrogen) atoms. The zero-order chi connectivity index (χ0) is 22.2. The molecule has 0 heterocycles. The van der Waals surface area contributed by atoms with Crippen LogP contribution in [0.15, 0.2) is 91.0 Å². The van der Waals surface area contributed by atoms with Gasteiger partial charge in [-0.15, -0.1) is 0 Å². The number of carbonyl (C=O) groups is 1. The highest BCUT2D eigenvalue weighted by Crippen LogP contribution is 2.27. The topological polar surface area (TPSA) is 69.4 Å². The number of halogens is 2. The van der Waals surface area contributed by atoms with Gasteiger partial charge in [0.15, 0.2) is 0 Å². The van der Waals surface area contributed by atoms with Gasteiger partial charge in [-0.2, -0.15) is 0 Å². The zero-order valence-corrected chi connectivity index (χ0v) is 17.7. The van der Waals surface area contributed by atoms with Crippen LogP contribution in [-0.4, -0.2) is 10.9 Å². The molecule has 0 aliphatic rings. The van der Waals surface area contributed by atoms with Crippen LogP contribution in [0.25, 0.3) is 5.57 Å². The summed E-state index contributed by atoms with van der Waals surface area (Å²) in [5.74, 6) is -0.233. The third-order valence-corrected chi connectivity index (χ3v) is 4.70. The minimum absolute atomic E-state index is 0.0336. The van der Waals surface area contributed by atoms with E-state index in [1.54, 1.807) is 24.3 Å². The van der Waals surface area contributed by atoms with E-state index in [1.807, 2.05) is 42.5 Å². The van der Waals surface area contributed by atoms with E-state index in [9.17, 15) is 14.9 Å². The Morgan fingerprint density at radius 2 is 1.52 bits per heavy atom. The van der Waals surface area contributed by atoms with Gasteiger partial charge in [0.05, 0.1) is 11.3 Å². The lowest BCUT2D eigenvalue weighted by Crippen LogP contribution is -2.06. The molecule has 0 bridgehead atoms. The minimum atomic E-state index is -0.516. The minimum Gasteiger partial charge on any atom is -0.426 e. The van der Waals surface area contributed by atoms with E-state index in [4.69, 9.17) is 27.9 Å². The Hall–Kier alpha value is -3.41. The highest BCUT2D eigenvalue weighted by Gasteiger charge is 2.08. The van der Waals surface area contributed by atoms with E-state index < -0.39 is 10.9 Å². The Balaban J connectivity index is 1.72. The highest BCUT2D eigenvalue weighted by molar-refractivity contribution is 6.31. The van der Waals surface area contributed by atoms with Gasteiger partial charge in [0, 0.05) is 22.2 Å². The number of hydrogen-bond acceptors (Lipinski definition) is 4. The largest absolute Gasteiger partial charge is 0.426 e. The molecule has 0 aliphatic heterocycles. The van der Waals surface area contributed by atoms with E-state index in [0.717, 1.165) is 16.7 Å². The molecule has 3 aromatic carbocycles. The molecule has 0 fully saturated rings. The molecule has 0 aliphatic carbocycles. The molecule has 3 aromatic rings. The maximum absolute atomic E-state index is 12.0. The molecule has 0 saturated carbocycles. The summed E-state index contributed by atoms with van der Waals surface area (Å²) in [5.41, 5.74) is 2.64. The molecule has 0 spiro atoms. The maximum atomic E-state index is 12.0. The Kier molecular flexibility index (Phi) is 7.60. The molecular formula is C24H17Cl2NO4. The number of esters is 1. The normalized spacial score (nSPS) is 10.6. The van der Waals surface area contributed by atoms with Crippen LogP contribution in [0.1, 0.15) is 17.5 Å². The SMILES string of the molecule is O=C(C/C=C/C=C(c1cccc(Cl)c1)c1cccc(Cl)c1)Oc1ccc([N+](=O)[O-])cc1. The van der Waals surface area contributed by atoms with Crippen LogP contribution in [0.5, 0.6) is 5.75 Å². The zero-order valence-electron chi connectivity index (χ0n) is 16.2. The second-order valence-corrected chi connectivity index (χ2v) is 7.33. The molecule has 0 unspecified atom stereocenters. The second kappa shape index (κ2) is 10.6. The number of rotatable bonds is 7. The van der Waals surface area contributed by atoms with Crippen LogP contribution < -0.4 is 4.74 Å². The van der Waals surface area contributed by atoms with Crippen molar-refractivity contribution in [2.24, 2.45) is 0 Å². The standard InChI is InChI=1S/C24H17Cl2NO4/c25-19-7-3-5-17(15-19)23(18-6-4-8-20(26)16-18)9-1-2-10-24(28)31-22-13-11-21(12-14-22)27(29)30/h1-9,11-16H,10H2/b2-1+. The molecule has 3 rings (SSSR count). The third kappa shape index (κ3) is 6.54. The van der Waals surface area contributed by atoms with Gasteiger partial charge in [-0.25, -0.2) is 0 Å². The molecule has 0 aromatic heterocycles. The van der Waals surface area contributed by atoms with Crippen molar-refractivity contribution in [3.63, 3.8) is 0 Å². The van der Waals surface area contributed by atoms with Gasteiger partial charge in [0.2, 0.25) is 0 Å². The summed E-state index contributed by atoms with van der Waals surface area (Å²) < 4.78 is 5.19. The first-order valence-electron chi connectivity index (χ1n) is 9.26. The van der Waals surface area contributed by atoms with Crippen LogP contribution in [0.4, 0.5) is 5.69 Å². The van der Waals surface area contributed by atoms with Gasteiger partial charge >= 0.3 is 5.97 Å². The molecule has 7 heteroatoms. The van der Waals surface area contributed by atoms with Crippen molar-refractivity contribution in [3.8, 4) is 5.75 Å². The van der Waals surface area contributed by atoms with E-state index >= 15 is 0 Å². The van der Waals surface area contributed by atoms with Crippen molar-refractivity contribution >= 4 is 40.4 Å². The van der Waals surface area contributed by atoms with Crippen molar-refractivity contribution < 1.29 is 14.5 Å². The molecule has 0 atom stereocenters. The number of nitrogens with zero attached hydrogens (tertiary/aromatic N) is 1. The number of nitro benzene ring substituents is 1. The van der Waals surface area contributed by atoms with Crippen molar-refractivity contribution in [1.82, 2.24) is 0 Å². The molecule has 0 saturated heterocycles. The van der Waals surface area contributed by atoms with Gasteiger partial charge in [0.1, 0.15) is 5.75 Å². The molecule has 0 N–H and O–H groups in total. The highest BCUT2D eigenvalue weighted by atomic mass is 35.5. The lowest BCUT2D eigenvalue weighted by Gasteiger charge is -2.09. The van der Waals surface area contributed by atoms with Gasteiger partial charge < -0.3 is 4.74 Å². The molecular weight excluding hydrogens is 437 g/mol. The maximum Gasteiger partial charge on any atom is 0.315 e. The van der Waals surface area contributed by atoms with E-state index in [0.29, 0.717) is 10.0 Å². The average molecular weight is 454 g/mol. The summed E-state index contributed by atoms with van der Waals surface area (Å²) in [6, 6.07) is 20.2. The van der Waals surface area contributed by atoms with E-state index in [2.05, 4.69) is 0 Å². The van der Waals surface area contributed by atoms with E-state index in [1.165, 1.54) is 24.3 Å². The number of non-ortho nitro benzene ring substituents is 1. The smallest absolute Gasteiger partial charge is 0.315 e. The fourth-order valence-electron chi connectivity index (χ4n) is 2.81. The molecule has 5 nitrogen and oxygen atoms in total. The van der Waals surface area contributed by atoms with Crippen molar-refractivity contribution in [3.05, 3.63) is 122 Å². The molecule has 0 amide bonds. The predicted molar refractivity (Wildman–Crippen MR) is 122 cm³/mol. The fourth-order valence-corrected chi connectivity index (χ4v) is 3.19. The number of hydrogen-bond donors (Lipinski definition) is 0. The first-order chi connectivity index (χ1) is 14.9. The first kappa shape index (κ1) is 22.3. The lowest BCUT2D eigenvalue weighted by molar-refractivity contribution is -0.384. The molecule has 0 radical (unpaired) electrons. The Morgan fingerprint density at radius 1 is 0.935 bits per heavy atom.